The SMILES string of the molecule is C=C1C=C(C(C)I)N=C2C=C(C)C=CN12. The normalized spacial score (nSPS) is 21.7. The summed E-state index contributed by atoms with van der Waals surface area (Å²) in [6.45, 7) is 8.25. The van der Waals surface area contributed by atoms with Gasteiger partial charge in [-0.3, -0.25) is 0 Å². The Balaban J connectivity index is 2.41. The number of halogens is 1. The van der Waals surface area contributed by atoms with Gasteiger partial charge in [-0.1, -0.05) is 29.2 Å². The number of rotatable bonds is 1. The van der Waals surface area contributed by atoms with Crippen molar-refractivity contribution in [3.63, 3.8) is 0 Å². The molecule has 2 heterocycles. The van der Waals surface area contributed by atoms with E-state index >= 15 is 0 Å². The lowest BCUT2D eigenvalue weighted by atomic mass is 10.1. The summed E-state index contributed by atoms with van der Waals surface area (Å²) in [6.07, 6.45) is 8.20. The van der Waals surface area contributed by atoms with Crippen molar-refractivity contribution in [1.29, 1.82) is 0 Å². The van der Waals surface area contributed by atoms with Crippen LogP contribution in [0.15, 0.2) is 53.0 Å². The Labute approximate surface area is 104 Å². The van der Waals surface area contributed by atoms with Crippen LogP contribution in [0.5, 0.6) is 0 Å². The van der Waals surface area contributed by atoms with Crippen LogP contribution in [-0.4, -0.2) is 14.7 Å². The molecule has 0 fully saturated rings. The van der Waals surface area contributed by atoms with Gasteiger partial charge in [0.25, 0.3) is 0 Å². The number of amidine groups is 1. The molecule has 0 saturated heterocycles. The van der Waals surface area contributed by atoms with E-state index in [0.29, 0.717) is 3.92 Å². The Hall–Kier alpha value is -0.840. The van der Waals surface area contributed by atoms with E-state index in [1.54, 1.807) is 0 Å². The third kappa shape index (κ3) is 2.07. The summed E-state index contributed by atoms with van der Waals surface area (Å²) >= 11 is 2.37. The zero-order valence-corrected chi connectivity index (χ0v) is 11.0. The molecule has 2 aliphatic rings. The zero-order valence-electron chi connectivity index (χ0n) is 8.87. The summed E-state index contributed by atoms with van der Waals surface area (Å²) < 4.78 is 0.411. The van der Waals surface area contributed by atoms with Gasteiger partial charge < -0.3 is 4.90 Å². The summed E-state index contributed by atoms with van der Waals surface area (Å²) in [7, 11) is 0. The molecule has 1 atom stereocenters. The minimum atomic E-state index is 0.411. The van der Waals surface area contributed by atoms with Crippen molar-refractivity contribution in [3.05, 3.63) is 48.0 Å². The monoisotopic (exact) mass is 312 g/mol. The van der Waals surface area contributed by atoms with E-state index in [1.807, 2.05) is 17.2 Å². The quantitative estimate of drug-likeness (QED) is 0.535. The van der Waals surface area contributed by atoms with Crippen LogP contribution < -0.4 is 0 Å². The highest BCUT2D eigenvalue weighted by molar-refractivity contribution is 14.1. The fourth-order valence-electron chi connectivity index (χ4n) is 1.53. The molecular formula is C12H13IN2. The molecule has 2 aliphatic heterocycles. The number of hydrogen-bond acceptors (Lipinski definition) is 2. The van der Waals surface area contributed by atoms with Crippen LogP contribution in [0, 0.1) is 0 Å². The van der Waals surface area contributed by atoms with Gasteiger partial charge in [-0.2, -0.15) is 0 Å². The Kier molecular flexibility index (Phi) is 2.82. The predicted molar refractivity (Wildman–Crippen MR) is 72.9 cm³/mol. The van der Waals surface area contributed by atoms with Gasteiger partial charge in [0.15, 0.2) is 0 Å². The second-order valence-corrected chi connectivity index (χ2v) is 5.59. The van der Waals surface area contributed by atoms with Crippen molar-refractivity contribution in [1.82, 2.24) is 4.90 Å². The smallest absolute Gasteiger partial charge is 0.137 e. The molecular weight excluding hydrogens is 299 g/mol. The molecule has 0 radical (unpaired) electrons. The van der Waals surface area contributed by atoms with Gasteiger partial charge in [0.05, 0.1) is 9.62 Å². The van der Waals surface area contributed by atoms with Crippen LogP contribution in [0.4, 0.5) is 0 Å². The number of allylic oxidation sites excluding steroid dienone is 4. The molecule has 0 aromatic carbocycles. The molecule has 0 aromatic rings. The van der Waals surface area contributed by atoms with Crippen LogP contribution in [0.3, 0.4) is 0 Å². The van der Waals surface area contributed by atoms with E-state index < -0.39 is 0 Å². The Morgan fingerprint density at radius 3 is 2.87 bits per heavy atom. The molecule has 3 heteroatoms. The summed E-state index contributed by atoms with van der Waals surface area (Å²) in [5.74, 6) is 0.973. The van der Waals surface area contributed by atoms with Gasteiger partial charge in [-0.25, -0.2) is 4.99 Å². The Morgan fingerprint density at radius 2 is 2.20 bits per heavy atom. The van der Waals surface area contributed by atoms with Gasteiger partial charge in [-0.05, 0) is 37.6 Å². The van der Waals surface area contributed by atoms with Crippen molar-refractivity contribution in [2.45, 2.75) is 17.8 Å². The first kappa shape index (κ1) is 10.7. The van der Waals surface area contributed by atoms with E-state index in [9.17, 15) is 0 Å². The molecule has 0 saturated carbocycles. The lowest BCUT2D eigenvalue weighted by Gasteiger charge is -2.28. The Morgan fingerprint density at radius 1 is 1.47 bits per heavy atom. The van der Waals surface area contributed by atoms with Crippen LogP contribution >= 0.6 is 22.6 Å². The summed E-state index contributed by atoms with van der Waals surface area (Å²) in [5.41, 5.74) is 3.30. The summed E-state index contributed by atoms with van der Waals surface area (Å²) in [5, 5.41) is 0. The second kappa shape index (κ2) is 3.96. The molecule has 15 heavy (non-hydrogen) atoms. The maximum absolute atomic E-state index is 4.61. The van der Waals surface area contributed by atoms with E-state index in [2.05, 4.69) is 60.2 Å². The molecule has 2 nitrogen and oxygen atoms in total. The molecule has 0 amide bonds. The lowest BCUT2D eigenvalue weighted by molar-refractivity contribution is 0.696. The first-order chi connectivity index (χ1) is 7.08. The lowest BCUT2D eigenvalue weighted by Crippen LogP contribution is -2.28. The average molecular weight is 312 g/mol. The second-order valence-electron chi connectivity index (χ2n) is 3.72. The van der Waals surface area contributed by atoms with Crippen LogP contribution in [-0.2, 0) is 0 Å². The van der Waals surface area contributed by atoms with Gasteiger partial charge >= 0.3 is 0 Å². The van der Waals surface area contributed by atoms with Gasteiger partial charge in [0, 0.05) is 11.9 Å². The number of nitrogens with zero attached hydrogens (tertiary/aromatic N) is 2. The molecule has 0 aliphatic carbocycles. The molecule has 78 valence electrons. The number of fused-ring (bicyclic) bond motifs is 1. The largest absolute Gasteiger partial charge is 0.302 e. The maximum Gasteiger partial charge on any atom is 0.137 e. The first-order valence-corrected chi connectivity index (χ1v) is 6.11. The minimum absolute atomic E-state index is 0.411. The van der Waals surface area contributed by atoms with Gasteiger partial charge in [-0.15, -0.1) is 0 Å². The molecule has 1 unspecified atom stereocenters. The van der Waals surface area contributed by atoms with Gasteiger partial charge in [0.2, 0.25) is 0 Å². The molecule has 2 rings (SSSR count). The topological polar surface area (TPSA) is 15.6 Å². The van der Waals surface area contributed by atoms with E-state index in [-0.39, 0.29) is 0 Å². The summed E-state index contributed by atoms with van der Waals surface area (Å²) in [6, 6.07) is 0. The predicted octanol–water partition coefficient (Wildman–Crippen LogP) is 3.40. The van der Waals surface area contributed by atoms with Crippen molar-refractivity contribution in [3.8, 4) is 0 Å². The first-order valence-electron chi connectivity index (χ1n) is 4.87. The highest BCUT2D eigenvalue weighted by Crippen LogP contribution is 2.25. The number of alkyl halides is 1. The van der Waals surface area contributed by atoms with Crippen LogP contribution in [0.2, 0.25) is 0 Å². The third-order valence-corrected chi connectivity index (χ3v) is 3.00. The zero-order chi connectivity index (χ0) is 11.0. The number of aliphatic imine (C=N–C) groups is 1. The molecule has 0 N–H and O–H groups in total. The highest BCUT2D eigenvalue weighted by atomic mass is 127. The van der Waals surface area contributed by atoms with Crippen molar-refractivity contribution in [2.24, 2.45) is 4.99 Å². The van der Waals surface area contributed by atoms with Crippen molar-refractivity contribution >= 4 is 28.4 Å². The van der Waals surface area contributed by atoms with Gasteiger partial charge in [0.1, 0.15) is 5.84 Å². The van der Waals surface area contributed by atoms with E-state index in [4.69, 9.17) is 0 Å². The molecule has 0 aromatic heterocycles. The van der Waals surface area contributed by atoms with Crippen molar-refractivity contribution in [2.75, 3.05) is 0 Å². The minimum Gasteiger partial charge on any atom is -0.302 e. The average Bonchev–Trinajstić information content (AvgIpc) is 2.16. The third-order valence-electron chi connectivity index (χ3n) is 2.37. The van der Waals surface area contributed by atoms with E-state index in [1.165, 1.54) is 5.57 Å². The Bertz CT molecular complexity index is 425. The highest BCUT2D eigenvalue weighted by Gasteiger charge is 2.19. The molecule has 0 spiro atoms. The van der Waals surface area contributed by atoms with Crippen molar-refractivity contribution < 1.29 is 0 Å². The van der Waals surface area contributed by atoms with E-state index in [0.717, 1.165) is 17.2 Å². The summed E-state index contributed by atoms with van der Waals surface area (Å²) in [4.78, 5) is 6.62. The fourth-order valence-corrected chi connectivity index (χ4v) is 1.85. The van der Waals surface area contributed by atoms with Crippen LogP contribution in [0.25, 0.3) is 0 Å². The van der Waals surface area contributed by atoms with Crippen LogP contribution in [0.1, 0.15) is 13.8 Å². The maximum atomic E-state index is 4.61. The number of hydrogen-bond donors (Lipinski definition) is 0. The standard InChI is InChI=1S/C12H13IN2/c1-8-4-5-15-9(2)7-11(10(3)13)14-12(15)6-8/h4-7,10H,2H2,1,3H3. The fraction of sp³-hybridized carbons (Fsp3) is 0.250. The molecule has 0 bridgehead atoms.